The molecule has 0 spiro atoms. The van der Waals surface area contributed by atoms with E-state index in [4.69, 9.17) is 9.47 Å². The lowest BCUT2D eigenvalue weighted by atomic mass is 9.65. The zero-order valence-corrected chi connectivity index (χ0v) is 16.9. The Morgan fingerprint density at radius 1 is 1.04 bits per heavy atom. The molecule has 1 saturated heterocycles. The second kappa shape index (κ2) is 6.92. The fraction of sp³-hybridized carbons (Fsp3) is 0.545. The van der Waals surface area contributed by atoms with Gasteiger partial charge in [-0.2, -0.15) is 0 Å². The van der Waals surface area contributed by atoms with E-state index in [1.807, 2.05) is 18.2 Å². The maximum Gasteiger partial charge on any atom is 0.329 e. The molecule has 0 unspecified atom stereocenters. The summed E-state index contributed by atoms with van der Waals surface area (Å²) in [4.78, 5) is 30.2. The van der Waals surface area contributed by atoms with Crippen LogP contribution < -0.4 is 5.32 Å². The lowest BCUT2D eigenvalue weighted by Gasteiger charge is -2.39. The molecule has 2 atom stereocenters. The van der Waals surface area contributed by atoms with Crippen LogP contribution in [-0.2, 0) is 24.5 Å². The van der Waals surface area contributed by atoms with Crippen LogP contribution in [0.3, 0.4) is 0 Å². The summed E-state index contributed by atoms with van der Waals surface area (Å²) < 4.78 is 11.2. The Morgan fingerprint density at radius 3 is 2.32 bits per heavy atom. The van der Waals surface area contributed by atoms with E-state index in [9.17, 15) is 9.59 Å². The number of benzene rings is 1. The van der Waals surface area contributed by atoms with Gasteiger partial charge in [-0.05, 0) is 58.2 Å². The van der Waals surface area contributed by atoms with E-state index < -0.39 is 17.4 Å². The van der Waals surface area contributed by atoms with Gasteiger partial charge in [-0.25, -0.2) is 0 Å². The van der Waals surface area contributed by atoms with Gasteiger partial charge in [0.2, 0.25) is 5.41 Å². The molecule has 2 aromatic rings. The highest BCUT2D eigenvalue weighted by molar-refractivity contribution is 6.08. The predicted molar refractivity (Wildman–Crippen MR) is 106 cm³/mol. The molecule has 6 nitrogen and oxygen atoms in total. The van der Waals surface area contributed by atoms with Crippen molar-refractivity contribution in [1.29, 1.82) is 0 Å². The molecule has 1 aromatic carbocycles. The molecular formula is C22H28N2O4. The average Bonchev–Trinajstić information content (AvgIpc) is 3.23. The molecule has 0 saturated carbocycles. The second-order valence-corrected chi connectivity index (χ2v) is 8.50. The van der Waals surface area contributed by atoms with Gasteiger partial charge < -0.3 is 19.8 Å². The van der Waals surface area contributed by atoms with Crippen molar-refractivity contribution in [3.05, 3.63) is 35.5 Å². The lowest BCUT2D eigenvalue weighted by Crippen LogP contribution is -2.52. The average molecular weight is 384 g/mol. The van der Waals surface area contributed by atoms with Gasteiger partial charge >= 0.3 is 11.9 Å². The fourth-order valence-electron chi connectivity index (χ4n) is 4.75. The summed E-state index contributed by atoms with van der Waals surface area (Å²) >= 11 is 0. The standard InChI is InChI=1S/C22H28N2O4/c1-12(2)27-20(25)22(21(26)28-13(3)4)9-14-10-23-11-16(14)18-15-7-5-6-8-17(15)24-19(18)22/h5-8,12-14,16,23-24H,9-11H2,1-4H3/t14-,16+/m1/s1. The Hall–Kier alpha value is -2.34. The zero-order chi connectivity index (χ0) is 20.1. The van der Waals surface area contributed by atoms with Crippen molar-refractivity contribution < 1.29 is 19.1 Å². The molecule has 1 aliphatic heterocycles. The van der Waals surface area contributed by atoms with Gasteiger partial charge in [0.05, 0.1) is 12.2 Å². The first-order chi connectivity index (χ1) is 13.3. The number of fused-ring (bicyclic) bond motifs is 5. The summed E-state index contributed by atoms with van der Waals surface area (Å²) in [6.45, 7) is 8.81. The van der Waals surface area contributed by atoms with Crippen molar-refractivity contribution in [3.8, 4) is 0 Å². The first-order valence-corrected chi connectivity index (χ1v) is 10.1. The molecule has 1 aromatic heterocycles. The van der Waals surface area contributed by atoms with Gasteiger partial charge in [-0.3, -0.25) is 9.59 Å². The molecule has 28 heavy (non-hydrogen) atoms. The van der Waals surface area contributed by atoms with Gasteiger partial charge in [0.25, 0.3) is 0 Å². The van der Waals surface area contributed by atoms with Crippen molar-refractivity contribution in [2.75, 3.05) is 13.1 Å². The molecule has 0 amide bonds. The summed E-state index contributed by atoms with van der Waals surface area (Å²) in [5, 5.41) is 4.50. The minimum Gasteiger partial charge on any atom is -0.462 e. The molecule has 6 heteroatoms. The predicted octanol–water partition coefficient (Wildman–Crippen LogP) is 3.02. The van der Waals surface area contributed by atoms with Gasteiger partial charge in [0.1, 0.15) is 0 Å². The molecular weight excluding hydrogens is 356 g/mol. The highest BCUT2D eigenvalue weighted by Gasteiger charge is 2.59. The van der Waals surface area contributed by atoms with Crippen LogP contribution in [-0.4, -0.2) is 42.2 Å². The van der Waals surface area contributed by atoms with E-state index in [0.29, 0.717) is 12.1 Å². The number of para-hydroxylation sites is 1. The van der Waals surface area contributed by atoms with E-state index in [1.165, 1.54) is 0 Å². The summed E-state index contributed by atoms with van der Waals surface area (Å²) in [7, 11) is 0. The molecule has 0 radical (unpaired) electrons. The highest BCUT2D eigenvalue weighted by Crippen LogP contribution is 2.51. The fourth-order valence-corrected chi connectivity index (χ4v) is 4.75. The van der Waals surface area contributed by atoms with Crippen LogP contribution in [0.4, 0.5) is 0 Å². The Bertz CT molecular complexity index is 892. The minimum atomic E-state index is -1.46. The Kier molecular flexibility index (Phi) is 4.70. The van der Waals surface area contributed by atoms with Gasteiger partial charge in [-0.1, -0.05) is 18.2 Å². The molecule has 2 heterocycles. The quantitative estimate of drug-likeness (QED) is 0.626. The molecule has 2 N–H and O–H groups in total. The minimum absolute atomic E-state index is 0.172. The Balaban J connectivity index is 1.96. The van der Waals surface area contributed by atoms with E-state index >= 15 is 0 Å². The van der Waals surface area contributed by atoms with Crippen LogP contribution in [0, 0.1) is 5.92 Å². The summed E-state index contributed by atoms with van der Waals surface area (Å²) in [6, 6.07) is 7.98. The van der Waals surface area contributed by atoms with Gasteiger partial charge in [-0.15, -0.1) is 0 Å². The third kappa shape index (κ3) is 2.82. The number of ether oxygens (including phenoxy) is 2. The van der Waals surface area contributed by atoms with Crippen LogP contribution in [0.5, 0.6) is 0 Å². The van der Waals surface area contributed by atoms with Crippen molar-refractivity contribution >= 4 is 22.8 Å². The van der Waals surface area contributed by atoms with Crippen LogP contribution in [0.25, 0.3) is 10.9 Å². The van der Waals surface area contributed by atoms with E-state index in [-0.39, 0.29) is 24.0 Å². The number of rotatable bonds is 4. The molecule has 2 aliphatic rings. The van der Waals surface area contributed by atoms with Crippen molar-refractivity contribution in [1.82, 2.24) is 10.3 Å². The number of H-pyrrole nitrogens is 1. The molecule has 0 bridgehead atoms. The smallest absolute Gasteiger partial charge is 0.329 e. The summed E-state index contributed by atoms with van der Waals surface area (Å²) in [5.41, 5.74) is 1.17. The first kappa shape index (κ1) is 19.0. The van der Waals surface area contributed by atoms with Crippen LogP contribution >= 0.6 is 0 Å². The topological polar surface area (TPSA) is 80.4 Å². The molecule has 150 valence electrons. The SMILES string of the molecule is CC(C)OC(=O)C1(C(=O)OC(C)C)C[C@@H]2CNC[C@@H]2c2c1[nH]c1ccccc21. The normalized spacial score (nSPS) is 22.9. The Morgan fingerprint density at radius 2 is 1.68 bits per heavy atom. The maximum absolute atomic E-state index is 13.4. The Labute approximate surface area is 165 Å². The van der Waals surface area contributed by atoms with Gasteiger partial charge in [0, 0.05) is 29.1 Å². The highest BCUT2D eigenvalue weighted by atomic mass is 16.6. The van der Waals surface area contributed by atoms with Crippen LogP contribution in [0.1, 0.15) is 51.3 Å². The van der Waals surface area contributed by atoms with Gasteiger partial charge in [0.15, 0.2) is 0 Å². The van der Waals surface area contributed by atoms with E-state index in [1.54, 1.807) is 27.7 Å². The van der Waals surface area contributed by atoms with Crippen molar-refractivity contribution in [2.45, 2.75) is 57.7 Å². The maximum atomic E-state index is 13.4. The number of nitrogens with one attached hydrogen (secondary N) is 2. The second-order valence-electron chi connectivity index (χ2n) is 8.50. The molecule has 4 rings (SSSR count). The third-order valence-electron chi connectivity index (χ3n) is 5.83. The number of aromatic amines is 1. The molecule has 1 aliphatic carbocycles. The van der Waals surface area contributed by atoms with Crippen LogP contribution in [0.2, 0.25) is 0 Å². The number of hydrogen-bond donors (Lipinski definition) is 2. The number of carbonyl (C=O) groups is 2. The number of aromatic nitrogens is 1. The van der Waals surface area contributed by atoms with E-state index in [0.717, 1.165) is 29.6 Å². The number of hydrogen-bond acceptors (Lipinski definition) is 5. The third-order valence-corrected chi connectivity index (χ3v) is 5.83. The van der Waals surface area contributed by atoms with Crippen LogP contribution in [0.15, 0.2) is 24.3 Å². The summed E-state index contributed by atoms with van der Waals surface area (Å²) in [6.07, 6.45) is -0.242. The lowest BCUT2D eigenvalue weighted by molar-refractivity contribution is -0.171. The molecule has 1 fully saturated rings. The monoisotopic (exact) mass is 384 g/mol. The number of esters is 2. The first-order valence-electron chi connectivity index (χ1n) is 10.1. The zero-order valence-electron chi connectivity index (χ0n) is 16.9. The number of carbonyl (C=O) groups excluding carboxylic acids is 2. The van der Waals surface area contributed by atoms with Crippen molar-refractivity contribution in [3.63, 3.8) is 0 Å². The summed E-state index contributed by atoms with van der Waals surface area (Å²) in [5.74, 6) is -0.610. The van der Waals surface area contributed by atoms with Crippen molar-refractivity contribution in [2.24, 2.45) is 5.92 Å². The van der Waals surface area contributed by atoms with E-state index in [2.05, 4.69) is 16.4 Å². The largest absolute Gasteiger partial charge is 0.462 e.